The average molecular weight is 594 g/mol. The predicted molar refractivity (Wildman–Crippen MR) is 189 cm³/mol. The lowest BCUT2D eigenvalue weighted by Gasteiger charge is -2.09. The number of fused-ring (bicyclic) bond motifs is 6. The van der Waals surface area contributed by atoms with Crippen molar-refractivity contribution >= 4 is 53.4 Å². The maximum Gasteiger partial charge on any atom is 0.160 e. The maximum absolute atomic E-state index is 5.19. The van der Waals surface area contributed by atoms with Crippen LogP contribution in [-0.2, 0) is 6.42 Å². The lowest BCUT2D eigenvalue weighted by atomic mass is 10.0. The Balaban J connectivity index is 1.14. The Morgan fingerprint density at radius 3 is 2.07 bits per heavy atom. The number of rotatable bonds is 5. The normalized spacial score (nSPS) is 11.6. The van der Waals surface area contributed by atoms with Crippen LogP contribution in [0.2, 0.25) is 0 Å². The fraction of sp³-hybridized carbons (Fsp3) is 0.0244. The second kappa shape index (κ2) is 10.5. The standard InChI is InChI=1S/C41H27N3S/c1-3-13-29(14-4-1)38-40-39(33-19-8-10-21-37(33)45-40)43-41(42-38)30-15-11-12-27(25-30)24-28-22-23-36-34(26-28)32-18-7-9-20-35(32)44(36)31-16-5-2-6-17-31/h1-23,25-26H,24H2. The zero-order chi connectivity index (χ0) is 29.7. The van der Waals surface area contributed by atoms with Crippen molar-refractivity contribution < 1.29 is 0 Å². The highest BCUT2D eigenvalue weighted by Gasteiger charge is 2.17. The van der Waals surface area contributed by atoms with Crippen LogP contribution in [-0.4, -0.2) is 14.5 Å². The monoisotopic (exact) mass is 593 g/mol. The first-order valence-electron chi connectivity index (χ1n) is 15.2. The van der Waals surface area contributed by atoms with Crippen LogP contribution in [0.5, 0.6) is 0 Å². The molecule has 9 aromatic rings. The maximum atomic E-state index is 5.19. The highest BCUT2D eigenvalue weighted by molar-refractivity contribution is 7.26. The molecule has 4 heteroatoms. The molecule has 0 aliphatic rings. The molecular formula is C41H27N3S. The van der Waals surface area contributed by atoms with E-state index in [1.165, 1.54) is 48.7 Å². The van der Waals surface area contributed by atoms with Gasteiger partial charge in [0.15, 0.2) is 5.82 Å². The van der Waals surface area contributed by atoms with E-state index in [2.05, 4.69) is 150 Å². The fourth-order valence-electron chi connectivity index (χ4n) is 6.55. The zero-order valence-corrected chi connectivity index (χ0v) is 25.2. The molecule has 0 aliphatic carbocycles. The van der Waals surface area contributed by atoms with E-state index < -0.39 is 0 Å². The quantitative estimate of drug-likeness (QED) is 0.199. The molecule has 0 amide bonds. The number of aromatic nitrogens is 3. The van der Waals surface area contributed by atoms with Crippen LogP contribution in [0.4, 0.5) is 0 Å². The summed E-state index contributed by atoms with van der Waals surface area (Å²) in [4.78, 5) is 10.4. The van der Waals surface area contributed by atoms with Gasteiger partial charge in [0.05, 0.1) is 26.9 Å². The molecule has 0 saturated heterocycles. The molecular weight excluding hydrogens is 567 g/mol. The van der Waals surface area contributed by atoms with Crippen molar-refractivity contribution in [1.82, 2.24) is 14.5 Å². The summed E-state index contributed by atoms with van der Waals surface area (Å²) in [5, 5.41) is 3.72. The number of thiophene rings is 1. The number of para-hydroxylation sites is 2. The minimum atomic E-state index is 0.758. The molecule has 0 N–H and O–H groups in total. The number of hydrogen-bond donors (Lipinski definition) is 0. The smallest absolute Gasteiger partial charge is 0.160 e. The van der Waals surface area contributed by atoms with Crippen LogP contribution < -0.4 is 0 Å². The van der Waals surface area contributed by atoms with Crippen LogP contribution in [0, 0.1) is 0 Å². The Bertz CT molecular complexity index is 2510. The molecule has 3 nitrogen and oxygen atoms in total. The highest BCUT2D eigenvalue weighted by atomic mass is 32.1. The predicted octanol–water partition coefficient (Wildman–Crippen LogP) is 10.9. The highest BCUT2D eigenvalue weighted by Crippen LogP contribution is 2.39. The summed E-state index contributed by atoms with van der Waals surface area (Å²) in [5.41, 5.74) is 10.3. The third-order valence-electron chi connectivity index (χ3n) is 8.61. The first kappa shape index (κ1) is 25.9. The average Bonchev–Trinajstić information content (AvgIpc) is 3.64. The van der Waals surface area contributed by atoms with Gasteiger partial charge in [-0.25, -0.2) is 9.97 Å². The molecule has 45 heavy (non-hydrogen) atoms. The fourth-order valence-corrected chi connectivity index (χ4v) is 7.71. The van der Waals surface area contributed by atoms with Gasteiger partial charge in [-0.2, -0.15) is 0 Å². The van der Waals surface area contributed by atoms with Crippen molar-refractivity contribution in [3.63, 3.8) is 0 Å². The van der Waals surface area contributed by atoms with Gasteiger partial charge < -0.3 is 4.57 Å². The lowest BCUT2D eigenvalue weighted by molar-refractivity contribution is 1.17. The third-order valence-corrected chi connectivity index (χ3v) is 9.78. The van der Waals surface area contributed by atoms with Gasteiger partial charge in [-0.3, -0.25) is 0 Å². The van der Waals surface area contributed by atoms with E-state index in [0.29, 0.717) is 0 Å². The zero-order valence-electron chi connectivity index (χ0n) is 24.4. The van der Waals surface area contributed by atoms with Crippen molar-refractivity contribution in [2.24, 2.45) is 0 Å². The molecule has 0 atom stereocenters. The van der Waals surface area contributed by atoms with Crippen molar-refractivity contribution in [1.29, 1.82) is 0 Å². The molecule has 0 radical (unpaired) electrons. The van der Waals surface area contributed by atoms with Gasteiger partial charge in [-0.1, -0.05) is 109 Å². The van der Waals surface area contributed by atoms with Crippen LogP contribution in [0.1, 0.15) is 11.1 Å². The summed E-state index contributed by atoms with van der Waals surface area (Å²) in [6.07, 6.45) is 0.823. The van der Waals surface area contributed by atoms with E-state index in [9.17, 15) is 0 Å². The van der Waals surface area contributed by atoms with Gasteiger partial charge in [0, 0.05) is 37.7 Å². The van der Waals surface area contributed by atoms with Crippen LogP contribution >= 0.6 is 11.3 Å². The third kappa shape index (κ3) is 4.42. The Kier molecular flexibility index (Phi) is 6.06. The van der Waals surface area contributed by atoms with Gasteiger partial charge in [-0.05, 0) is 60.0 Å². The Morgan fingerprint density at radius 2 is 1.20 bits per heavy atom. The van der Waals surface area contributed by atoms with Gasteiger partial charge in [0.25, 0.3) is 0 Å². The van der Waals surface area contributed by atoms with Crippen LogP contribution in [0.3, 0.4) is 0 Å². The summed E-state index contributed by atoms with van der Waals surface area (Å²) in [5.74, 6) is 0.758. The molecule has 0 saturated carbocycles. The summed E-state index contributed by atoms with van der Waals surface area (Å²) < 4.78 is 4.72. The van der Waals surface area contributed by atoms with Crippen molar-refractivity contribution in [3.8, 4) is 28.3 Å². The van der Waals surface area contributed by atoms with Gasteiger partial charge >= 0.3 is 0 Å². The molecule has 3 heterocycles. The molecule has 3 aromatic heterocycles. The topological polar surface area (TPSA) is 30.7 Å². The molecule has 9 rings (SSSR count). The first-order chi connectivity index (χ1) is 22.3. The number of benzene rings is 6. The SMILES string of the molecule is c1ccc(-c2nc(-c3cccc(Cc4ccc5c(c4)c4ccccc4n5-c4ccccc4)c3)nc3c2sc2ccccc23)cc1. The first-order valence-corrected chi connectivity index (χ1v) is 16.0. The Labute approximate surface area is 264 Å². The van der Waals surface area contributed by atoms with E-state index in [1.54, 1.807) is 11.3 Å². The summed E-state index contributed by atoms with van der Waals surface area (Å²) >= 11 is 1.77. The van der Waals surface area contributed by atoms with Crippen LogP contribution in [0.25, 0.3) is 70.4 Å². The van der Waals surface area contributed by atoms with Gasteiger partial charge in [-0.15, -0.1) is 11.3 Å². The number of hydrogen-bond acceptors (Lipinski definition) is 3. The van der Waals surface area contributed by atoms with E-state index in [0.717, 1.165) is 39.3 Å². The molecule has 0 unspecified atom stereocenters. The van der Waals surface area contributed by atoms with Crippen LogP contribution in [0.15, 0.2) is 152 Å². The minimum absolute atomic E-state index is 0.758. The van der Waals surface area contributed by atoms with Gasteiger partial charge in [0.1, 0.15) is 0 Å². The molecule has 6 aromatic carbocycles. The molecule has 0 aliphatic heterocycles. The Hall–Kier alpha value is -5.58. The molecule has 0 spiro atoms. The van der Waals surface area contributed by atoms with Gasteiger partial charge in [0.2, 0.25) is 0 Å². The molecule has 0 fully saturated rings. The largest absolute Gasteiger partial charge is 0.309 e. The van der Waals surface area contributed by atoms with Crippen molar-refractivity contribution in [2.45, 2.75) is 6.42 Å². The van der Waals surface area contributed by atoms with Crippen molar-refractivity contribution in [2.75, 3.05) is 0 Å². The van der Waals surface area contributed by atoms with E-state index in [-0.39, 0.29) is 0 Å². The molecule has 212 valence electrons. The number of nitrogens with zero attached hydrogens (tertiary/aromatic N) is 3. The van der Waals surface area contributed by atoms with E-state index >= 15 is 0 Å². The second-order valence-electron chi connectivity index (χ2n) is 11.5. The summed E-state index contributed by atoms with van der Waals surface area (Å²) in [6, 6.07) is 53.9. The van der Waals surface area contributed by atoms with E-state index in [4.69, 9.17) is 9.97 Å². The minimum Gasteiger partial charge on any atom is -0.309 e. The van der Waals surface area contributed by atoms with E-state index in [1.807, 2.05) is 6.07 Å². The second-order valence-corrected chi connectivity index (χ2v) is 12.5. The summed E-state index contributed by atoms with van der Waals surface area (Å²) in [7, 11) is 0. The molecule has 0 bridgehead atoms. The lowest BCUT2D eigenvalue weighted by Crippen LogP contribution is -1.95. The Morgan fingerprint density at radius 1 is 0.511 bits per heavy atom. The van der Waals surface area contributed by atoms with Crippen molar-refractivity contribution in [3.05, 3.63) is 163 Å². The summed E-state index contributed by atoms with van der Waals surface area (Å²) in [6.45, 7) is 0.